The van der Waals surface area contributed by atoms with Crippen LogP contribution in [-0.4, -0.2) is 17.6 Å². The van der Waals surface area contributed by atoms with E-state index in [1.165, 1.54) is 6.92 Å². The molecule has 1 atom stereocenters. The molecule has 4 heteroatoms. The predicted molar refractivity (Wildman–Crippen MR) is 36.6 cm³/mol. The lowest BCUT2D eigenvalue weighted by Crippen LogP contribution is -2.34. The van der Waals surface area contributed by atoms with Gasteiger partial charge in [-0.3, -0.25) is 9.59 Å². The van der Waals surface area contributed by atoms with Crippen LogP contribution in [0.25, 0.3) is 0 Å². The Hall–Kier alpha value is -0.930. The highest BCUT2D eigenvalue weighted by Gasteiger charge is 2.34. The van der Waals surface area contributed by atoms with Gasteiger partial charge in [0, 0.05) is 20.3 Å². The lowest BCUT2D eigenvalue weighted by atomic mass is 10.2. The summed E-state index contributed by atoms with van der Waals surface area (Å²) in [4.78, 5) is 21.0. The Morgan fingerprint density at radius 1 is 1.55 bits per heavy atom. The average molecular weight is 162 g/mol. The van der Waals surface area contributed by atoms with Crippen molar-refractivity contribution in [2.75, 3.05) is 0 Å². The van der Waals surface area contributed by atoms with Crippen LogP contribution in [0.3, 0.4) is 0 Å². The van der Waals surface area contributed by atoms with E-state index < -0.39 is 17.6 Å². The Morgan fingerprint density at radius 3 is 2.27 bits per heavy atom. The van der Waals surface area contributed by atoms with Crippen LogP contribution in [0.4, 0.5) is 4.39 Å². The summed E-state index contributed by atoms with van der Waals surface area (Å²) < 4.78 is 17.1. The Kier molecular flexibility index (Phi) is 3.17. The second kappa shape index (κ2) is 3.46. The van der Waals surface area contributed by atoms with E-state index in [1.807, 2.05) is 0 Å². The molecule has 3 nitrogen and oxygen atoms in total. The van der Waals surface area contributed by atoms with Crippen molar-refractivity contribution in [2.24, 2.45) is 0 Å². The van der Waals surface area contributed by atoms with Crippen LogP contribution in [0.5, 0.6) is 0 Å². The Balaban J connectivity index is 4.21. The minimum Gasteiger partial charge on any atom is -0.421 e. The molecule has 0 aliphatic heterocycles. The highest BCUT2D eigenvalue weighted by atomic mass is 19.2. The largest absolute Gasteiger partial charge is 0.421 e. The molecule has 0 rings (SSSR count). The number of ether oxygens (including phenoxy) is 1. The van der Waals surface area contributed by atoms with Crippen molar-refractivity contribution < 1.29 is 18.7 Å². The van der Waals surface area contributed by atoms with Crippen molar-refractivity contribution >= 4 is 11.8 Å². The second-order valence-electron chi connectivity index (χ2n) is 2.29. The number of esters is 1. The Bertz CT molecular complexity index is 175. The number of hydrogen-bond acceptors (Lipinski definition) is 3. The molecule has 0 aromatic carbocycles. The summed E-state index contributed by atoms with van der Waals surface area (Å²) in [6.45, 7) is 3.49. The first-order chi connectivity index (χ1) is 4.90. The molecular weight excluding hydrogens is 151 g/mol. The molecule has 11 heavy (non-hydrogen) atoms. The van der Waals surface area contributed by atoms with Gasteiger partial charge in [-0.1, -0.05) is 6.92 Å². The standard InChI is InChI=1S/C7H11FO3/c1-4-6(10)7(3,8)11-5(2)9/h4H2,1-3H3. The van der Waals surface area contributed by atoms with Gasteiger partial charge >= 0.3 is 11.8 Å². The molecule has 0 saturated carbocycles. The van der Waals surface area contributed by atoms with Crippen molar-refractivity contribution in [3.63, 3.8) is 0 Å². The highest BCUT2D eigenvalue weighted by molar-refractivity contribution is 5.87. The number of carbonyl (C=O) groups is 2. The lowest BCUT2D eigenvalue weighted by molar-refractivity contribution is -0.182. The molecular formula is C7H11FO3. The number of Topliss-reactive ketones (excluding diaryl/α,β-unsaturated/α-hetero) is 1. The number of carbonyl (C=O) groups excluding carboxylic acids is 2. The summed E-state index contributed by atoms with van der Waals surface area (Å²) >= 11 is 0. The first kappa shape index (κ1) is 10.1. The molecule has 64 valence electrons. The topological polar surface area (TPSA) is 43.4 Å². The zero-order chi connectivity index (χ0) is 9.07. The molecule has 1 unspecified atom stereocenters. The van der Waals surface area contributed by atoms with Gasteiger partial charge in [-0.2, -0.15) is 4.39 Å². The van der Waals surface area contributed by atoms with Gasteiger partial charge < -0.3 is 4.74 Å². The summed E-state index contributed by atoms with van der Waals surface area (Å²) in [5.74, 6) is -3.98. The van der Waals surface area contributed by atoms with Crippen LogP contribution < -0.4 is 0 Å². The molecule has 0 spiro atoms. The summed E-state index contributed by atoms with van der Waals surface area (Å²) in [7, 11) is 0. The summed E-state index contributed by atoms with van der Waals surface area (Å²) in [5.41, 5.74) is 0. The highest BCUT2D eigenvalue weighted by Crippen LogP contribution is 2.15. The Labute approximate surface area is 64.5 Å². The van der Waals surface area contributed by atoms with Crippen molar-refractivity contribution in [1.82, 2.24) is 0 Å². The molecule has 0 N–H and O–H groups in total. The zero-order valence-electron chi connectivity index (χ0n) is 6.81. The van der Waals surface area contributed by atoms with Gasteiger partial charge in [-0.05, 0) is 0 Å². The third-order valence-corrected chi connectivity index (χ3v) is 1.15. The van der Waals surface area contributed by atoms with E-state index in [0.29, 0.717) is 0 Å². The summed E-state index contributed by atoms with van der Waals surface area (Å²) in [5, 5.41) is 0. The zero-order valence-corrected chi connectivity index (χ0v) is 6.81. The Morgan fingerprint density at radius 2 is 2.00 bits per heavy atom. The van der Waals surface area contributed by atoms with Crippen LogP contribution in [0.15, 0.2) is 0 Å². The van der Waals surface area contributed by atoms with Gasteiger partial charge in [-0.15, -0.1) is 0 Å². The van der Waals surface area contributed by atoms with Crippen LogP contribution >= 0.6 is 0 Å². The second-order valence-corrected chi connectivity index (χ2v) is 2.29. The normalized spacial score (nSPS) is 15.3. The first-order valence-electron chi connectivity index (χ1n) is 3.32. The minimum absolute atomic E-state index is 0.0142. The monoisotopic (exact) mass is 162 g/mol. The van der Waals surface area contributed by atoms with Crippen molar-refractivity contribution in [3.8, 4) is 0 Å². The number of ketones is 1. The SMILES string of the molecule is CCC(=O)C(C)(F)OC(C)=O. The smallest absolute Gasteiger partial charge is 0.306 e. The van der Waals surface area contributed by atoms with E-state index in [9.17, 15) is 14.0 Å². The molecule has 0 amide bonds. The molecule has 0 aromatic rings. The quantitative estimate of drug-likeness (QED) is 0.586. The first-order valence-corrected chi connectivity index (χ1v) is 3.32. The van der Waals surface area contributed by atoms with Gasteiger partial charge in [0.2, 0.25) is 5.78 Å². The number of alkyl halides is 1. The van der Waals surface area contributed by atoms with Gasteiger partial charge in [0.15, 0.2) is 0 Å². The lowest BCUT2D eigenvalue weighted by Gasteiger charge is -2.17. The maximum Gasteiger partial charge on any atom is 0.306 e. The minimum atomic E-state index is -2.46. The van der Waals surface area contributed by atoms with E-state index in [2.05, 4.69) is 4.74 Å². The maximum atomic E-state index is 12.9. The fraction of sp³-hybridized carbons (Fsp3) is 0.714. The molecule has 0 aliphatic rings. The predicted octanol–water partition coefficient (Wildman–Crippen LogP) is 1.21. The van der Waals surface area contributed by atoms with E-state index in [-0.39, 0.29) is 6.42 Å². The van der Waals surface area contributed by atoms with E-state index >= 15 is 0 Å². The number of rotatable bonds is 3. The van der Waals surface area contributed by atoms with Crippen molar-refractivity contribution in [2.45, 2.75) is 33.0 Å². The van der Waals surface area contributed by atoms with Gasteiger partial charge in [0.05, 0.1) is 0 Å². The number of hydrogen-bond donors (Lipinski definition) is 0. The number of halogens is 1. The van der Waals surface area contributed by atoms with Gasteiger partial charge in [0.1, 0.15) is 0 Å². The van der Waals surface area contributed by atoms with Crippen LogP contribution in [0.2, 0.25) is 0 Å². The van der Waals surface area contributed by atoms with E-state index in [4.69, 9.17) is 0 Å². The molecule has 0 heterocycles. The third kappa shape index (κ3) is 3.11. The van der Waals surface area contributed by atoms with Crippen molar-refractivity contribution in [3.05, 3.63) is 0 Å². The van der Waals surface area contributed by atoms with Gasteiger partial charge in [-0.25, -0.2) is 0 Å². The van der Waals surface area contributed by atoms with Crippen LogP contribution in [0, 0.1) is 0 Å². The molecule has 0 radical (unpaired) electrons. The summed E-state index contributed by atoms with van der Waals surface area (Å²) in [6, 6.07) is 0. The average Bonchev–Trinajstić information content (AvgIpc) is 1.83. The fourth-order valence-electron chi connectivity index (χ4n) is 0.643. The van der Waals surface area contributed by atoms with Gasteiger partial charge in [0.25, 0.3) is 0 Å². The van der Waals surface area contributed by atoms with E-state index in [1.54, 1.807) is 0 Å². The third-order valence-electron chi connectivity index (χ3n) is 1.15. The van der Waals surface area contributed by atoms with E-state index in [0.717, 1.165) is 13.8 Å². The van der Waals surface area contributed by atoms with Crippen LogP contribution in [0.1, 0.15) is 27.2 Å². The molecule has 0 bridgehead atoms. The molecule has 0 aliphatic carbocycles. The fourth-order valence-corrected chi connectivity index (χ4v) is 0.643. The van der Waals surface area contributed by atoms with Crippen molar-refractivity contribution in [1.29, 1.82) is 0 Å². The molecule has 0 aromatic heterocycles. The summed E-state index contributed by atoms with van der Waals surface area (Å²) in [6.07, 6.45) is 0.0142. The molecule has 0 fully saturated rings. The maximum absolute atomic E-state index is 12.9. The van der Waals surface area contributed by atoms with Crippen LogP contribution in [-0.2, 0) is 14.3 Å². The molecule has 0 saturated heterocycles.